The fourth-order valence-electron chi connectivity index (χ4n) is 3.13. The highest BCUT2D eigenvalue weighted by atomic mass is 15.2. The van der Waals surface area contributed by atoms with Crippen LogP contribution in [0.4, 0.5) is 0 Å². The van der Waals surface area contributed by atoms with Crippen molar-refractivity contribution >= 4 is 0 Å². The smallest absolute Gasteiger partial charge is 0.0355 e. The molecule has 120 valence electrons. The normalized spacial score (nSPS) is 22.0. The summed E-state index contributed by atoms with van der Waals surface area (Å²) in [5.41, 5.74) is 1.39. The lowest BCUT2D eigenvalue weighted by Gasteiger charge is -2.35. The van der Waals surface area contributed by atoms with E-state index in [1.54, 1.807) is 0 Å². The van der Waals surface area contributed by atoms with Gasteiger partial charge in [0.05, 0.1) is 0 Å². The van der Waals surface area contributed by atoms with Crippen LogP contribution in [0.1, 0.15) is 39.3 Å². The lowest BCUT2D eigenvalue weighted by molar-refractivity contribution is 0.169. The topological polar surface area (TPSA) is 27.3 Å². The van der Waals surface area contributed by atoms with Crippen LogP contribution in [0.5, 0.6) is 0 Å². The molecule has 1 aromatic carbocycles. The quantitative estimate of drug-likeness (QED) is 0.873. The molecule has 3 nitrogen and oxygen atoms in total. The Labute approximate surface area is 131 Å². The van der Waals surface area contributed by atoms with E-state index in [9.17, 15) is 0 Å². The van der Waals surface area contributed by atoms with Crippen molar-refractivity contribution in [1.82, 2.24) is 15.5 Å². The summed E-state index contributed by atoms with van der Waals surface area (Å²) < 4.78 is 0. The fraction of sp³-hybridized carbons (Fsp3) is 0.667. The summed E-state index contributed by atoms with van der Waals surface area (Å²) in [5, 5.41) is 6.98. The van der Waals surface area contributed by atoms with Gasteiger partial charge in [0.25, 0.3) is 0 Å². The summed E-state index contributed by atoms with van der Waals surface area (Å²) in [4.78, 5) is 2.58. The molecule has 0 amide bonds. The number of piperazine rings is 1. The third kappa shape index (κ3) is 5.77. The second-order valence-electron chi connectivity index (χ2n) is 5.77. The van der Waals surface area contributed by atoms with E-state index in [1.165, 1.54) is 12.1 Å². The molecule has 2 rings (SSSR count). The van der Waals surface area contributed by atoms with Gasteiger partial charge in [0.15, 0.2) is 0 Å². The van der Waals surface area contributed by atoms with Crippen LogP contribution < -0.4 is 10.6 Å². The molecule has 0 aromatic heterocycles. The van der Waals surface area contributed by atoms with Crippen LogP contribution in [0.3, 0.4) is 0 Å². The van der Waals surface area contributed by atoms with Crippen molar-refractivity contribution in [3.63, 3.8) is 0 Å². The van der Waals surface area contributed by atoms with E-state index in [1.807, 2.05) is 13.8 Å². The monoisotopic (exact) mass is 291 g/mol. The zero-order chi connectivity index (χ0) is 15.7. The van der Waals surface area contributed by atoms with Crippen LogP contribution in [0.15, 0.2) is 30.3 Å². The van der Waals surface area contributed by atoms with Gasteiger partial charge in [-0.15, -0.1) is 0 Å². The molecule has 1 heterocycles. The first-order valence-electron chi connectivity index (χ1n) is 8.38. The molecule has 1 aliphatic heterocycles. The molecule has 0 radical (unpaired) electrons. The van der Waals surface area contributed by atoms with Crippen LogP contribution in [-0.4, -0.2) is 44.2 Å². The van der Waals surface area contributed by atoms with Crippen LogP contribution >= 0.6 is 0 Å². The predicted octanol–water partition coefficient (Wildman–Crippen LogP) is 2.90. The molecule has 0 saturated carbocycles. The largest absolute Gasteiger partial charge is 0.313 e. The van der Waals surface area contributed by atoms with Crippen LogP contribution in [0, 0.1) is 5.92 Å². The Kier molecular flexibility index (Phi) is 8.58. The van der Waals surface area contributed by atoms with Crippen LogP contribution in [0.2, 0.25) is 0 Å². The van der Waals surface area contributed by atoms with Gasteiger partial charge in [0, 0.05) is 38.3 Å². The first-order valence-corrected chi connectivity index (χ1v) is 8.38. The number of nitrogens with one attached hydrogen (secondary N) is 2. The van der Waals surface area contributed by atoms with E-state index in [2.05, 4.69) is 66.8 Å². The van der Waals surface area contributed by atoms with Gasteiger partial charge in [0.1, 0.15) is 0 Å². The van der Waals surface area contributed by atoms with E-state index in [0.29, 0.717) is 18.0 Å². The summed E-state index contributed by atoms with van der Waals surface area (Å²) in [6, 6.07) is 11.8. The fourth-order valence-corrected chi connectivity index (χ4v) is 3.13. The highest BCUT2D eigenvalue weighted by Gasteiger charge is 2.22. The summed E-state index contributed by atoms with van der Waals surface area (Å²) in [5.74, 6) is 0.609. The molecular formula is C18H33N3. The first-order chi connectivity index (χ1) is 10.2. The van der Waals surface area contributed by atoms with Crippen LogP contribution in [0.25, 0.3) is 0 Å². The van der Waals surface area contributed by atoms with Crippen molar-refractivity contribution in [3.05, 3.63) is 35.9 Å². The minimum Gasteiger partial charge on any atom is -0.313 e. The molecule has 0 spiro atoms. The minimum atomic E-state index is 0.436. The highest BCUT2D eigenvalue weighted by Crippen LogP contribution is 2.22. The SMILES string of the molecule is CC.CNC(c1ccccc1)[C@@H](C)CN1CCNC(C)C1. The molecule has 2 N–H and O–H groups in total. The molecular weight excluding hydrogens is 258 g/mol. The average molecular weight is 291 g/mol. The maximum absolute atomic E-state index is 3.50. The van der Waals surface area contributed by atoms with Gasteiger partial charge >= 0.3 is 0 Å². The van der Waals surface area contributed by atoms with E-state index in [0.717, 1.165) is 19.6 Å². The molecule has 1 aliphatic rings. The molecule has 3 atom stereocenters. The van der Waals surface area contributed by atoms with Crippen molar-refractivity contribution in [2.24, 2.45) is 5.92 Å². The van der Waals surface area contributed by atoms with E-state index in [-0.39, 0.29) is 0 Å². The summed E-state index contributed by atoms with van der Waals surface area (Å²) in [7, 11) is 2.06. The van der Waals surface area contributed by atoms with Gasteiger partial charge in [-0.05, 0) is 25.5 Å². The van der Waals surface area contributed by atoms with Crippen molar-refractivity contribution < 1.29 is 0 Å². The lowest BCUT2D eigenvalue weighted by atomic mass is 9.94. The maximum Gasteiger partial charge on any atom is 0.0355 e. The second kappa shape index (κ2) is 9.93. The Hall–Kier alpha value is -0.900. The molecule has 21 heavy (non-hydrogen) atoms. The van der Waals surface area contributed by atoms with Gasteiger partial charge in [0.2, 0.25) is 0 Å². The standard InChI is InChI=1S/C16H27N3.C2H6/c1-13(11-19-10-9-18-14(2)12-19)16(17-3)15-7-5-4-6-8-15;1-2/h4-8,13-14,16-18H,9-12H2,1-3H3;1-2H3/t13-,14?,16?;/m0./s1. The zero-order valence-electron chi connectivity index (χ0n) is 14.4. The Bertz CT molecular complexity index is 366. The Morgan fingerprint density at radius 1 is 1.29 bits per heavy atom. The van der Waals surface area contributed by atoms with Gasteiger partial charge in [-0.2, -0.15) is 0 Å². The third-order valence-corrected chi connectivity index (χ3v) is 4.04. The van der Waals surface area contributed by atoms with E-state index >= 15 is 0 Å². The molecule has 1 fully saturated rings. The van der Waals surface area contributed by atoms with Crippen molar-refractivity contribution in [2.75, 3.05) is 33.2 Å². The lowest BCUT2D eigenvalue weighted by Crippen LogP contribution is -2.50. The number of benzene rings is 1. The number of hydrogen-bond donors (Lipinski definition) is 2. The summed E-state index contributed by atoms with van der Waals surface area (Å²) >= 11 is 0. The van der Waals surface area contributed by atoms with Gasteiger partial charge < -0.3 is 15.5 Å². The van der Waals surface area contributed by atoms with E-state index < -0.39 is 0 Å². The van der Waals surface area contributed by atoms with Crippen molar-refractivity contribution in [3.8, 4) is 0 Å². The molecule has 0 aliphatic carbocycles. The minimum absolute atomic E-state index is 0.436. The predicted molar refractivity (Wildman–Crippen MR) is 92.7 cm³/mol. The Balaban J connectivity index is 0.00000106. The zero-order valence-corrected chi connectivity index (χ0v) is 14.4. The summed E-state index contributed by atoms with van der Waals surface area (Å²) in [6.07, 6.45) is 0. The average Bonchev–Trinajstić information content (AvgIpc) is 2.51. The third-order valence-electron chi connectivity index (χ3n) is 4.04. The van der Waals surface area contributed by atoms with Gasteiger partial charge in [-0.25, -0.2) is 0 Å². The second-order valence-corrected chi connectivity index (χ2v) is 5.77. The number of hydrogen-bond acceptors (Lipinski definition) is 3. The molecule has 1 aromatic rings. The molecule has 0 bridgehead atoms. The Morgan fingerprint density at radius 2 is 1.95 bits per heavy atom. The van der Waals surface area contributed by atoms with Crippen molar-refractivity contribution in [2.45, 2.75) is 39.8 Å². The van der Waals surface area contributed by atoms with Gasteiger partial charge in [-0.1, -0.05) is 51.1 Å². The van der Waals surface area contributed by atoms with Crippen molar-refractivity contribution in [1.29, 1.82) is 0 Å². The summed E-state index contributed by atoms with van der Waals surface area (Å²) in [6.45, 7) is 13.2. The van der Waals surface area contributed by atoms with Crippen LogP contribution in [-0.2, 0) is 0 Å². The molecule has 1 saturated heterocycles. The van der Waals surface area contributed by atoms with E-state index in [4.69, 9.17) is 0 Å². The molecule has 2 unspecified atom stereocenters. The number of rotatable bonds is 5. The molecule has 3 heteroatoms. The number of nitrogens with zero attached hydrogens (tertiary/aromatic N) is 1. The highest BCUT2D eigenvalue weighted by molar-refractivity contribution is 5.19. The van der Waals surface area contributed by atoms with Gasteiger partial charge in [-0.3, -0.25) is 0 Å². The maximum atomic E-state index is 3.50. The first kappa shape index (κ1) is 18.1. The Morgan fingerprint density at radius 3 is 2.52 bits per heavy atom.